The number of carbonyl (C=O) groups excluding carboxylic acids is 1. The Morgan fingerprint density at radius 2 is 1.04 bits per heavy atom. The van der Waals surface area contributed by atoms with E-state index in [-0.39, 0.29) is 25.8 Å². The van der Waals surface area contributed by atoms with Crippen LogP contribution in [0.25, 0.3) is 0 Å². The van der Waals surface area contributed by atoms with E-state index in [9.17, 15) is 14.3 Å². The number of rotatable bonds is 39. The Morgan fingerprint density at radius 1 is 0.571 bits per heavy atom. The standard InChI is InChI=1S/C47H82NO7P/c1-6-8-10-12-14-16-18-20-22-23-24-25-26-27-29-31-33-35-37-39-42-52-44-46(45-54-56(50,51)53-43-41-48(3,4)5)55-47(49)40-38-36-34-32-30-28-21-19-17-15-13-11-9-7-2/h8,10,14,16,19-22,24-25,27,29,33,35,46H,6-7,9,11-13,15,17-18,23,26,28,30-32,34,36-45H2,1-5H3/p+1/b10-8-,16-14-,21-19-,22-20-,25-24-,29-27-,35-33-. The van der Waals surface area contributed by atoms with Gasteiger partial charge >= 0.3 is 13.8 Å². The molecule has 0 spiro atoms. The van der Waals surface area contributed by atoms with Gasteiger partial charge in [0.05, 0.1) is 34.4 Å². The number of phosphoric ester groups is 1. The molecule has 2 atom stereocenters. The Labute approximate surface area is 344 Å². The summed E-state index contributed by atoms with van der Waals surface area (Å²) in [6.07, 6.45) is 52.0. The third-order valence-corrected chi connectivity index (χ3v) is 9.67. The van der Waals surface area contributed by atoms with Gasteiger partial charge in [0, 0.05) is 13.0 Å². The molecule has 0 radical (unpaired) electrons. The van der Waals surface area contributed by atoms with Crippen molar-refractivity contribution < 1.29 is 37.3 Å². The van der Waals surface area contributed by atoms with Crippen LogP contribution in [-0.2, 0) is 27.9 Å². The molecule has 0 aromatic rings. The molecule has 0 aliphatic heterocycles. The Morgan fingerprint density at radius 3 is 1.57 bits per heavy atom. The zero-order chi connectivity index (χ0) is 41.3. The predicted octanol–water partition coefficient (Wildman–Crippen LogP) is 12.9. The highest BCUT2D eigenvalue weighted by Crippen LogP contribution is 2.43. The van der Waals surface area contributed by atoms with E-state index >= 15 is 0 Å². The van der Waals surface area contributed by atoms with Gasteiger partial charge in [-0.05, 0) is 83.5 Å². The summed E-state index contributed by atoms with van der Waals surface area (Å²) in [4.78, 5) is 22.9. The second-order valence-electron chi connectivity index (χ2n) is 15.3. The summed E-state index contributed by atoms with van der Waals surface area (Å²) in [6, 6.07) is 0. The van der Waals surface area contributed by atoms with Crippen LogP contribution in [0.1, 0.15) is 149 Å². The minimum atomic E-state index is -4.30. The van der Waals surface area contributed by atoms with E-state index in [1.54, 1.807) is 0 Å². The molecule has 0 heterocycles. The van der Waals surface area contributed by atoms with E-state index in [4.69, 9.17) is 18.5 Å². The number of allylic oxidation sites excluding steroid dienone is 14. The number of esters is 1. The molecule has 2 unspecified atom stereocenters. The quantitative estimate of drug-likeness (QED) is 0.0217. The SMILES string of the molecule is CC/C=C\C/C=C\C/C=C\C/C=C\C/C=C\C/C=C\CCCOCC(COP(=O)(O)OCC[N+](C)(C)C)OC(=O)CCCCCCC/C=C\CCCCCCC. The third-order valence-electron chi connectivity index (χ3n) is 8.69. The lowest BCUT2D eigenvalue weighted by Crippen LogP contribution is -2.37. The van der Waals surface area contributed by atoms with Crippen molar-refractivity contribution in [3.8, 4) is 0 Å². The molecule has 0 saturated heterocycles. The van der Waals surface area contributed by atoms with Gasteiger partial charge in [0.2, 0.25) is 0 Å². The molecule has 8 nitrogen and oxygen atoms in total. The molecule has 56 heavy (non-hydrogen) atoms. The molecule has 0 aromatic carbocycles. The fraction of sp³-hybridized carbons (Fsp3) is 0.681. The number of hydrogen-bond acceptors (Lipinski definition) is 6. The molecule has 0 fully saturated rings. The molecule has 0 aromatic heterocycles. The first-order valence-corrected chi connectivity index (χ1v) is 23.3. The van der Waals surface area contributed by atoms with Crippen LogP contribution in [0.3, 0.4) is 0 Å². The molecule has 0 aliphatic rings. The zero-order valence-corrected chi connectivity index (χ0v) is 37.2. The first-order chi connectivity index (χ1) is 27.1. The van der Waals surface area contributed by atoms with Gasteiger partial charge in [0.15, 0.2) is 0 Å². The maximum Gasteiger partial charge on any atom is 0.472 e. The van der Waals surface area contributed by atoms with Gasteiger partial charge < -0.3 is 18.9 Å². The van der Waals surface area contributed by atoms with Crippen LogP contribution < -0.4 is 0 Å². The van der Waals surface area contributed by atoms with E-state index in [1.165, 1.54) is 44.9 Å². The third kappa shape index (κ3) is 42.8. The Hall–Kier alpha value is -2.32. The number of nitrogens with zero attached hydrogens (tertiary/aromatic N) is 1. The van der Waals surface area contributed by atoms with Crippen LogP contribution in [0.4, 0.5) is 0 Å². The number of unbranched alkanes of at least 4 members (excludes halogenated alkanes) is 11. The van der Waals surface area contributed by atoms with E-state index in [0.717, 1.165) is 83.5 Å². The van der Waals surface area contributed by atoms with E-state index < -0.39 is 13.9 Å². The minimum absolute atomic E-state index is 0.0717. The molecule has 0 rings (SSSR count). The first-order valence-electron chi connectivity index (χ1n) is 21.8. The van der Waals surface area contributed by atoms with Crippen molar-refractivity contribution in [2.24, 2.45) is 0 Å². The molecule has 0 aliphatic carbocycles. The summed E-state index contributed by atoms with van der Waals surface area (Å²) in [5.74, 6) is -0.347. The van der Waals surface area contributed by atoms with Crippen molar-refractivity contribution in [1.29, 1.82) is 0 Å². The highest BCUT2D eigenvalue weighted by molar-refractivity contribution is 7.47. The molecular weight excluding hydrogens is 721 g/mol. The lowest BCUT2D eigenvalue weighted by Gasteiger charge is -2.24. The maximum absolute atomic E-state index is 12.7. The second-order valence-corrected chi connectivity index (χ2v) is 16.8. The molecule has 0 saturated carbocycles. The second kappa shape index (κ2) is 39.5. The molecule has 0 bridgehead atoms. The molecule has 322 valence electrons. The fourth-order valence-corrected chi connectivity index (χ4v) is 6.07. The van der Waals surface area contributed by atoms with Crippen molar-refractivity contribution in [2.45, 2.75) is 155 Å². The van der Waals surface area contributed by atoms with Gasteiger partial charge in [-0.15, -0.1) is 0 Å². The Kier molecular flexibility index (Phi) is 37.9. The lowest BCUT2D eigenvalue weighted by molar-refractivity contribution is -0.870. The summed E-state index contributed by atoms with van der Waals surface area (Å²) in [5.41, 5.74) is 0. The number of quaternary nitrogens is 1. The van der Waals surface area contributed by atoms with Gasteiger partial charge in [-0.2, -0.15) is 0 Å². The van der Waals surface area contributed by atoms with Gasteiger partial charge in [0.25, 0.3) is 0 Å². The van der Waals surface area contributed by atoms with Crippen molar-refractivity contribution in [3.05, 3.63) is 85.1 Å². The molecule has 1 N–H and O–H groups in total. The van der Waals surface area contributed by atoms with Crippen molar-refractivity contribution in [1.82, 2.24) is 0 Å². The first kappa shape index (κ1) is 53.7. The summed E-state index contributed by atoms with van der Waals surface area (Å²) in [5, 5.41) is 0. The van der Waals surface area contributed by atoms with Crippen LogP contribution >= 0.6 is 7.82 Å². The Bertz CT molecular complexity index is 1170. The molecule has 0 amide bonds. The molecule has 9 heteroatoms. The van der Waals surface area contributed by atoms with Crippen LogP contribution in [0.5, 0.6) is 0 Å². The van der Waals surface area contributed by atoms with Crippen LogP contribution in [0, 0.1) is 0 Å². The highest BCUT2D eigenvalue weighted by atomic mass is 31.2. The van der Waals surface area contributed by atoms with Gasteiger partial charge in [-0.25, -0.2) is 4.57 Å². The largest absolute Gasteiger partial charge is 0.472 e. The smallest absolute Gasteiger partial charge is 0.457 e. The van der Waals surface area contributed by atoms with Crippen molar-refractivity contribution in [2.75, 3.05) is 54.1 Å². The summed E-state index contributed by atoms with van der Waals surface area (Å²) < 4.78 is 34.9. The topological polar surface area (TPSA) is 91.3 Å². The van der Waals surface area contributed by atoms with E-state index in [1.807, 2.05) is 21.1 Å². The average Bonchev–Trinajstić information content (AvgIpc) is 3.15. The van der Waals surface area contributed by atoms with Crippen LogP contribution in [-0.4, -0.2) is 75.6 Å². The van der Waals surface area contributed by atoms with Crippen molar-refractivity contribution >= 4 is 13.8 Å². The average molecular weight is 805 g/mol. The van der Waals surface area contributed by atoms with Crippen LogP contribution in [0.15, 0.2) is 85.1 Å². The number of likely N-dealkylation sites (N-methyl/N-ethyl adjacent to an activating group) is 1. The van der Waals surface area contributed by atoms with Crippen molar-refractivity contribution in [3.63, 3.8) is 0 Å². The highest BCUT2D eigenvalue weighted by Gasteiger charge is 2.26. The summed E-state index contributed by atoms with van der Waals surface area (Å²) >= 11 is 0. The summed E-state index contributed by atoms with van der Waals surface area (Å²) in [7, 11) is 1.61. The van der Waals surface area contributed by atoms with Gasteiger partial charge in [-0.1, -0.05) is 144 Å². The Balaban J connectivity index is 4.38. The number of phosphoric acid groups is 1. The molecular formula is C47H83NO7P+. The van der Waals surface area contributed by atoms with Gasteiger partial charge in [-0.3, -0.25) is 13.8 Å². The summed E-state index contributed by atoms with van der Waals surface area (Å²) in [6.45, 7) is 5.30. The van der Waals surface area contributed by atoms with Gasteiger partial charge in [0.1, 0.15) is 19.3 Å². The van der Waals surface area contributed by atoms with E-state index in [0.29, 0.717) is 24.1 Å². The normalized spacial score (nSPS) is 14.6. The fourth-order valence-electron chi connectivity index (χ4n) is 5.33. The maximum atomic E-state index is 12.7. The number of hydrogen-bond donors (Lipinski definition) is 1. The van der Waals surface area contributed by atoms with Crippen LogP contribution in [0.2, 0.25) is 0 Å². The lowest BCUT2D eigenvalue weighted by atomic mass is 10.1. The predicted molar refractivity (Wildman–Crippen MR) is 238 cm³/mol. The monoisotopic (exact) mass is 805 g/mol. The number of carbonyl (C=O) groups is 1. The minimum Gasteiger partial charge on any atom is -0.457 e. The number of ether oxygens (including phenoxy) is 2. The van der Waals surface area contributed by atoms with E-state index in [2.05, 4.69) is 98.9 Å². The zero-order valence-electron chi connectivity index (χ0n) is 36.3.